The van der Waals surface area contributed by atoms with Crippen LogP contribution in [0.1, 0.15) is 27.2 Å². The highest BCUT2D eigenvalue weighted by molar-refractivity contribution is 4.83. The van der Waals surface area contributed by atoms with Crippen LogP contribution in [0.3, 0.4) is 0 Å². The Kier molecular flexibility index (Phi) is 3.93. The van der Waals surface area contributed by atoms with E-state index in [0.717, 1.165) is 32.6 Å². The second-order valence-electron chi connectivity index (χ2n) is 4.93. The van der Waals surface area contributed by atoms with E-state index >= 15 is 0 Å². The van der Waals surface area contributed by atoms with Crippen LogP contribution < -0.4 is 0 Å². The lowest BCUT2D eigenvalue weighted by Gasteiger charge is -2.41. The zero-order valence-corrected chi connectivity index (χ0v) is 9.95. The topological polar surface area (TPSA) is 26.7 Å². The van der Waals surface area contributed by atoms with Crippen molar-refractivity contribution in [1.82, 2.24) is 9.80 Å². The molecule has 1 saturated heterocycles. The highest BCUT2D eigenvalue weighted by atomic mass is 16.3. The van der Waals surface area contributed by atoms with E-state index < -0.39 is 5.60 Å². The molecule has 2 unspecified atom stereocenters. The number of nitrogens with zero attached hydrogens (tertiary/aromatic N) is 2. The van der Waals surface area contributed by atoms with E-state index in [2.05, 4.69) is 23.8 Å². The van der Waals surface area contributed by atoms with Gasteiger partial charge in [-0.1, -0.05) is 6.92 Å². The highest BCUT2D eigenvalue weighted by Gasteiger charge is 2.27. The molecule has 0 saturated carbocycles. The molecule has 0 aliphatic carbocycles. The maximum Gasteiger partial charge on any atom is 0.0743 e. The molecule has 1 heterocycles. The zero-order chi connectivity index (χ0) is 10.8. The fourth-order valence-corrected chi connectivity index (χ4v) is 1.96. The van der Waals surface area contributed by atoms with Crippen LogP contribution in [0.25, 0.3) is 0 Å². The van der Waals surface area contributed by atoms with E-state index in [1.807, 2.05) is 13.8 Å². The number of rotatable bonds is 3. The lowest BCUT2D eigenvalue weighted by molar-refractivity contribution is -0.0135. The third-order valence-electron chi connectivity index (χ3n) is 3.27. The van der Waals surface area contributed by atoms with Gasteiger partial charge >= 0.3 is 0 Å². The van der Waals surface area contributed by atoms with Crippen LogP contribution in [0.5, 0.6) is 0 Å². The third-order valence-corrected chi connectivity index (χ3v) is 3.27. The molecular formula is C11H24N2O. The fraction of sp³-hybridized carbons (Fsp3) is 1.00. The largest absolute Gasteiger partial charge is 0.389 e. The third kappa shape index (κ3) is 3.23. The van der Waals surface area contributed by atoms with Gasteiger partial charge < -0.3 is 10.0 Å². The predicted molar refractivity (Wildman–Crippen MR) is 59.4 cm³/mol. The molecule has 3 nitrogen and oxygen atoms in total. The van der Waals surface area contributed by atoms with Crippen molar-refractivity contribution in [2.75, 3.05) is 33.2 Å². The van der Waals surface area contributed by atoms with Crippen LogP contribution in [0.4, 0.5) is 0 Å². The average molecular weight is 200 g/mol. The van der Waals surface area contributed by atoms with Crippen molar-refractivity contribution in [1.29, 1.82) is 0 Å². The number of β-amino-alcohol motifs (C(OH)–C–C–N with tert-alkyl or cyclic N) is 1. The summed E-state index contributed by atoms with van der Waals surface area (Å²) in [5.41, 5.74) is -0.524. The Labute approximate surface area is 87.7 Å². The van der Waals surface area contributed by atoms with Crippen molar-refractivity contribution in [2.24, 2.45) is 0 Å². The molecule has 3 heteroatoms. The minimum Gasteiger partial charge on any atom is -0.389 e. The maximum atomic E-state index is 10.0. The summed E-state index contributed by atoms with van der Waals surface area (Å²) in [5.74, 6) is 0. The van der Waals surface area contributed by atoms with Crippen molar-refractivity contribution >= 4 is 0 Å². The molecule has 0 aromatic carbocycles. The SMILES string of the molecule is CCC(C)(O)CN1CCN(C)CC1C. The van der Waals surface area contributed by atoms with Crippen LogP contribution >= 0.6 is 0 Å². The summed E-state index contributed by atoms with van der Waals surface area (Å²) in [5, 5.41) is 10.0. The summed E-state index contributed by atoms with van der Waals surface area (Å²) >= 11 is 0. The summed E-state index contributed by atoms with van der Waals surface area (Å²) in [4.78, 5) is 4.74. The van der Waals surface area contributed by atoms with Crippen LogP contribution in [-0.2, 0) is 0 Å². The number of piperazine rings is 1. The van der Waals surface area contributed by atoms with Gasteiger partial charge in [-0.05, 0) is 27.3 Å². The van der Waals surface area contributed by atoms with Crippen LogP contribution in [0, 0.1) is 0 Å². The van der Waals surface area contributed by atoms with E-state index in [1.54, 1.807) is 0 Å². The predicted octanol–water partition coefficient (Wildman–Crippen LogP) is 0.783. The molecule has 84 valence electrons. The van der Waals surface area contributed by atoms with Gasteiger partial charge in [-0.25, -0.2) is 0 Å². The molecule has 1 aliphatic heterocycles. The average Bonchev–Trinajstić information content (AvgIpc) is 2.10. The van der Waals surface area contributed by atoms with Gasteiger partial charge in [0.15, 0.2) is 0 Å². The molecule has 0 aromatic rings. The van der Waals surface area contributed by atoms with E-state index in [-0.39, 0.29) is 0 Å². The standard InChI is InChI=1S/C11H24N2O/c1-5-11(3,14)9-13-7-6-12(4)8-10(13)2/h10,14H,5-9H2,1-4H3. The molecule has 1 N–H and O–H groups in total. The zero-order valence-electron chi connectivity index (χ0n) is 9.95. The molecule has 0 amide bonds. The second-order valence-corrected chi connectivity index (χ2v) is 4.93. The molecule has 0 radical (unpaired) electrons. The lowest BCUT2D eigenvalue weighted by Crippen LogP contribution is -2.54. The fourth-order valence-electron chi connectivity index (χ4n) is 1.96. The number of hydrogen-bond acceptors (Lipinski definition) is 3. The van der Waals surface area contributed by atoms with E-state index in [0.29, 0.717) is 6.04 Å². The van der Waals surface area contributed by atoms with Crippen molar-refractivity contribution in [3.63, 3.8) is 0 Å². The molecule has 1 fully saturated rings. The van der Waals surface area contributed by atoms with Gasteiger partial charge in [0.1, 0.15) is 0 Å². The highest BCUT2D eigenvalue weighted by Crippen LogP contribution is 2.15. The van der Waals surface area contributed by atoms with Crippen LogP contribution in [0.2, 0.25) is 0 Å². The maximum absolute atomic E-state index is 10.0. The normalized spacial score (nSPS) is 30.2. The molecule has 14 heavy (non-hydrogen) atoms. The Bertz CT molecular complexity index is 182. The quantitative estimate of drug-likeness (QED) is 0.729. The number of hydrogen-bond donors (Lipinski definition) is 1. The molecule has 1 rings (SSSR count). The van der Waals surface area contributed by atoms with Gasteiger partial charge in [-0.3, -0.25) is 4.90 Å². The molecule has 0 aromatic heterocycles. The first-order valence-corrected chi connectivity index (χ1v) is 5.59. The second kappa shape index (κ2) is 4.60. The minimum atomic E-state index is -0.524. The Morgan fingerprint density at radius 3 is 2.57 bits per heavy atom. The van der Waals surface area contributed by atoms with E-state index in [1.165, 1.54) is 0 Å². The van der Waals surface area contributed by atoms with Gasteiger partial charge in [-0.15, -0.1) is 0 Å². The van der Waals surface area contributed by atoms with Crippen LogP contribution in [0.15, 0.2) is 0 Å². The first-order valence-electron chi connectivity index (χ1n) is 5.59. The Balaban J connectivity index is 2.45. The lowest BCUT2D eigenvalue weighted by atomic mass is 10.0. The Morgan fingerprint density at radius 1 is 1.43 bits per heavy atom. The Morgan fingerprint density at radius 2 is 2.07 bits per heavy atom. The van der Waals surface area contributed by atoms with Gasteiger partial charge in [0.25, 0.3) is 0 Å². The minimum absolute atomic E-state index is 0.524. The molecule has 2 atom stereocenters. The first kappa shape index (κ1) is 12.0. The van der Waals surface area contributed by atoms with Crippen molar-refractivity contribution in [3.05, 3.63) is 0 Å². The van der Waals surface area contributed by atoms with Gasteiger partial charge in [0, 0.05) is 32.2 Å². The molecular weight excluding hydrogens is 176 g/mol. The van der Waals surface area contributed by atoms with Gasteiger partial charge in [-0.2, -0.15) is 0 Å². The molecule has 0 bridgehead atoms. The summed E-state index contributed by atoms with van der Waals surface area (Å²) in [6, 6.07) is 0.562. The van der Waals surface area contributed by atoms with Crippen molar-refractivity contribution < 1.29 is 5.11 Å². The monoisotopic (exact) mass is 200 g/mol. The van der Waals surface area contributed by atoms with Gasteiger partial charge in [0.2, 0.25) is 0 Å². The molecule has 1 aliphatic rings. The van der Waals surface area contributed by atoms with E-state index in [9.17, 15) is 5.11 Å². The Hall–Kier alpha value is -0.120. The number of likely N-dealkylation sites (N-methyl/N-ethyl adjacent to an activating group) is 1. The van der Waals surface area contributed by atoms with Crippen LogP contribution in [-0.4, -0.2) is 59.8 Å². The molecule has 0 spiro atoms. The summed E-state index contributed by atoms with van der Waals surface area (Å²) in [6.07, 6.45) is 0.825. The van der Waals surface area contributed by atoms with Crippen molar-refractivity contribution in [3.8, 4) is 0 Å². The first-order chi connectivity index (χ1) is 6.44. The van der Waals surface area contributed by atoms with Gasteiger partial charge in [0.05, 0.1) is 5.60 Å². The van der Waals surface area contributed by atoms with E-state index in [4.69, 9.17) is 0 Å². The summed E-state index contributed by atoms with van der Waals surface area (Å²) < 4.78 is 0. The van der Waals surface area contributed by atoms with Crippen molar-refractivity contribution in [2.45, 2.75) is 38.8 Å². The summed E-state index contributed by atoms with van der Waals surface area (Å²) in [7, 11) is 2.16. The number of aliphatic hydroxyl groups is 1. The smallest absolute Gasteiger partial charge is 0.0743 e. The summed E-state index contributed by atoms with van der Waals surface area (Å²) in [6.45, 7) is 10.3.